The smallest absolute Gasteiger partial charge is 0.269 e. The summed E-state index contributed by atoms with van der Waals surface area (Å²) in [6.45, 7) is 6.08. The molecule has 0 saturated heterocycles. The van der Waals surface area contributed by atoms with Crippen molar-refractivity contribution >= 4 is 23.4 Å². The highest BCUT2D eigenvalue weighted by atomic mass is 32.2. The van der Waals surface area contributed by atoms with Crippen LogP contribution in [-0.2, 0) is 10.5 Å². The molecule has 0 radical (unpaired) electrons. The lowest BCUT2D eigenvalue weighted by Gasteiger charge is -2.38. The second-order valence-corrected chi connectivity index (χ2v) is 8.63. The van der Waals surface area contributed by atoms with Gasteiger partial charge in [0.15, 0.2) is 0 Å². The standard InChI is InChI=1S/C21H24N2O4S/c1-14-4-9-17-18(11-21(2,3)27-19(17)10-14)22-20(24)13-28-12-15-5-7-16(8-6-15)23(25)26/h4-10,18H,11-13H2,1-3H3,(H,22,24)/t18-/m0/s1. The molecule has 6 nitrogen and oxygen atoms in total. The zero-order chi connectivity index (χ0) is 20.3. The molecule has 2 aromatic rings. The number of fused-ring (bicyclic) bond motifs is 1. The molecule has 0 fully saturated rings. The number of ether oxygens (including phenoxy) is 1. The van der Waals surface area contributed by atoms with Crippen LogP contribution in [0.4, 0.5) is 5.69 Å². The van der Waals surface area contributed by atoms with Crippen LogP contribution in [-0.4, -0.2) is 22.2 Å². The molecule has 1 aliphatic rings. The number of thioether (sulfide) groups is 1. The van der Waals surface area contributed by atoms with Crippen molar-refractivity contribution in [2.45, 2.75) is 44.6 Å². The molecule has 2 aromatic carbocycles. The number of nitro groups is 1. The molecule has 0 bridgehead atoms. The van der Waals surface area contributed by atoms with Crippen LogP contribution in [0.3, 0.4) is 0 Å². The summed E-state index contributed by atoms with van der Waals surface area (Å²) in [6, 6.07) is 12.4. The minimum Gasteiger partial charge on any atom is -0.487 e. The van der Waals surface area contributed by atoms with E-state index in [1.807, 2.05) is 39.0 Å². The fourth-order valence-corrected chi connectivity index (χ4v) is 4.10. The van der Waals surface area contributed by atoms with Crippen LogP contribution in [0.5, 0.6) is 5.75 Å². The SMILES string of the molecule is Cc1ccc2c(c1)OC(C)(C)C[C@@H]2NC(=O)CSCc1ccc([N+](=O)[O-])cc1. The summed E-state index contributed by atoms with van der Waals surface area (Å²) in [7, 11) is 0. The topological polar surface area (TPSA) is 81.5 Å². The predicted molar refractivity (Wildman–Crippen MR) is 111 cm³/mol. The highest BCUT2D eigenvalue weighted by Gasteiger charge is 2.34. The Morgan fingerprint density at radius 2 is 2.00 bits per heavy atom. The largest absolute Gasteiger partial charge is 0.487 e. The van der Waals surface area contributed by atoms with Crippen LogP contribution in [0.2, 0.25) is 0 Å². The van der Waals surface area contributed by atoms with Gasteiger partial charge in [0.25, 0.3) is 5.69 Å². The van der Waals surface area contributed by atoms with E-state index < -0.39 is 4.92 Å². The van der Waals surface area contributed by atoms with Gasteiger partial charge in [-0.25, -0.2) is 0 Å². The minimum absolute atomic E-state index is 0.0267. The van der Waals surface area contributed by atoms with E-state index in [9.17, 15) is 14.9 Å². The van der Waals surface area contributed by atoms with Crippen molar-refractivity contribution in [2.24, 2.45) is 0 Å². The molecule has 1 aliphatic heterocycles. The number of hydrogen-bond acceptors (Lipinski definition) is 5. The van der Waals surface area contributed by atoms with Crippen LogP contribution in [0, 0.1) is 17.0 Å². The number of aryl methyl sites for hydroxylation is 1. The normalized spacial score (nSPS) is 17.3. The van der Waals surface area contributed by atoms with E-state index in [0.29, 0.717) is 17.9 Å². The number of carbonyl (C=O) groups is 1. The quantitative estimate of drug-likeness (QED) is 0.568. The number of nitrogens with one attached hydrogen (secondary N) is 1. The highest BCUT2D eigenvalue weighted by molar-refractivity contribution is 7.99. The first-order valence-corrected chi connectivity index (χ1v) is 10.3. The molecule has 0 saturated carbocycles. The molecule has 0 aliphatic carbocycles. The molecule has 1 N–H and O–H groups in total. The fourth-order valence-electron chi connectivity index (χ4n) is 3.30. The lowest BCUT2D eigenvalue weighted by atomic mass is 9.89. The van der Waals surface area contributed by atoms with E-state index >= 15 is 0 Å². The molecule has 0 aromatic heterocycles. The molecular formula is C21H24N2O4S. The van der Waals surface area contributed by atoms with Gasteiger partial charge in [0.2, 0.25) is 5.91 Å². The van der Waals surface area contributed by atoms with Crippen molar-refractivity contribution in [3.05, 3.63) is 69.3 Å². The Kier molecular flexibility index (Phi) is 5.93. The number of hydrogen-bond donors (Lipinski definition) is 1. The van der Waals surface area contributed by atoms with Gasteiger partial charge < -0.3 is 10.1 Å². The second-order valence-electron chi connectivity index (χ2n) is 7.64. The molecule has 1 atom stereocenters. The Morgan fingerprint density at radius 1 is 1.29 bits per heavy atom. The first-order chi connectivity index (χ1) is 13.2. The average molecular weight is 401 g/mol. The molecule has 7 heteroatoms. The summed E-state index contributed by atoms with van der Waals surface area (Å²) in [4.78, 5) is 22.7. The molecule has 0 unspecified atom stereocenters. The summed E-state index contributed by atoms with van der Waals surface area (Å²) in [5.74, 6) is 1.76. The zero-order valence-electron chi connectivity index (χ0n) is 16.2. The third-order valence-corrected chi connectivity index (χ3v) is 5.61. The van der Waals surface area contributed by atoms with E-state index in [4.69, 9.17) is 4.74 Å². The summed E-state index contributed by atoms with van der Waals surface area (Å²) in [5, 5.41) is 13.8. The number of carbonyl (C=O) groups excluding carboxylic acids is 1. The lowest BCUT2D eigenvalue weighted by Crippen LogP contribution is -2.41. The second kappa shape index (κ2) is 8.22. The van der Waals surface area contributed by atoms with Gasteiger partial charge in [0, 0.05) is 29.9 Å². The molecule has 28 heavy (non-hydrogen) atoms. The maximum atomic E-state index is 12.5. The van der Waals surface area contributed by atoms with Gasteiger partial charge in [-0.3, -0.25) is 14.9 Å². The maximum absolute atomic E-state index is 12.5. The molecule has 3 rings (SSSR count). The van der Waals surface area contributed by atoms with Crippen LogP contribution in [0.15, 0.2) is 42.5 Å². The van der Waals surface area contributed by atoms with Gasteiger partial charge in [-0.1, -0.05) is 24.3 Å². The van der Waals surface area contributed by atoms with Gasteiger partial charge in [-0.05, 0) is 38.0 Å². The van der Waals surface area contributed by atoms with E-state index in [-0.39, 0.29) is 23.2 Å². The van der Waals surface area contributed by atoms with Gasteiger partial charge in [-0.15, -0.1) is 11.8 Å². The van der Waals surface area contributed by atoms with Crippen LogP contribution in [0.1, 0.15) is 43.0 Å². The van der Waals surface area contributed by atoms with Crippen LogP contribution < -0.4 is 10.1 Å². The number of non-ortho nitro benzene ring substituents is 1. The van der Waals surface area contributed by atoms with Gasteiger partial charge in [0.1, 0.15) is 11.4 Å². The maximum Gasteiger partial charge on any atom is 0.269 e. The van der Waals surface area contributed by atoms with E-state index in [2.05, 4.69) is 5.32 Å². The fraction of sp³-hybridized carbons (Fsp3) is 0.381. The minimum atomic E-state index is -0.418. The Hall–Kier alpha value is -2.54. The molecule has 1 heterocycles. The Balaban J connectivity index is 1.56. The van der Waals surface area contributed by atoms with Crippen molar-refractivity contribution in [1.29, 1.82) is 0 Å². The van der Waals surface area contributed by atoms with Crippen molar-refractivity contribution in [2.75, 3.05) is 5.75 Å². The molecule has 148 valence electrons. The third kappa shape index (κ3) is 5.04. The Labute approximate surface area is 168 Å². The summed E-state index contributed by atoms with van der Waals surface area (Å²) in [5.41, 5.74) is 2.82. The van der Waals surface area contributed by atoms with E-state index in [0.717, 1.165) is 22.4 Å². The number of nitro benzene ring substituents is 1. The third-order valence-electron chi connectivity index (χ3n) is 4.61. The zero-order valence-corrected chi connectivity index (χ0v) is 17.0. The van der Waals surface area contributed by atoms with Crippen LogP contribution >= 0.6 is 11.8 Å². The number of rotatable bonds is 6. The molecule has 0 spiro atoms. The molecule has 1 amide bonds. The van der Waals surface area contributed by atoms with Gasteiger partial charge >= 0.3 is 0 Å². The monoisotopic (exact) mass is 400 g/mol. The number of amides is 1. The lowest BCUT2D eigenvalue weighted by molar-refractivity contribution is -0.384. The van der Waals surface area contributed by atoms with Crippen molar-refractivity contribution in [3.63, 3.8) is 0 Å². The number of benzene rings is 2. The van der Waals surface area contributed by atoms with E-state index in [1.165, 1.54) is 23.9 Å². The van der Waals surface area contributed by atoms with Gasteiger partial charge in [0.05, 0.1) is 16.7 Å². The summed E-state index contributed by atoms with van der Waals surface area (Å²) >= 11 is 1.49. The van der Waals surface area contributed by atoms with Crippen molar-refractivity contribution in [3.8, 4) is 5.75 Å². The first kappa shape index (κ1) is 20.2. The highest BCUT2D eigenvalue weighted by Crippen LogP contribution is 2.39. The van der Waals surface area contributed by atoms with E-state index in [1.54, 1.807) is 12.1 Å². The van der Waals surface area contributed by atoms with Crippen LogP contribution in [0.25, 0.3) is 0 Å². The molecular weight excluding hydrogens is 376 g/mol. The summed E-state index contributed by atoms with van der Waals surface area (Å²) < 4.78 is 6.07. The number of nitrogens with zero attached hydrogens (tertiary/aromatic N) is 1. The van der Waals surface area contributed by atoms with Crippen molar-refractivity contribution in [1.82, 2.24) is 5.32 Å². The van der Waals surface area contributed by atoms with Crippen molar-refractivity contribution < 1.29 is 14.5 Å². The first-order valence-electron chi connectivity index (χ1n) is 9.13. The van der Waals surface area contributed by atoms with Gasteiger partial charge in [-0.2, -0.15) is 0 Å². The average Bonchev–Trinajstić information content (AvgIpc) is 2.60. The Morgan fingerprint density at radius 3 is 2.68 bits per heavy atom. The summed E-state index contributed by atoms with van der Waals surface area (Å²) in [6.07, 6.45) is 0.710. The Bertz CT molecular complexity index is 880. The predicted octanol–water partition coefficient (Wildman–Crippen LogP) is 4.56.